The van der Waals surface area contributed by atoms with Gasteiger partial charge >= 0.3 is 0 Å². The zero-order valence-electron chi connectivity index (χ0n) is 10.7. The van der Waals surface area contributed by atoms with Gasteiger partial charge in [-0.15, -0.1) is 0 Å². The summed E-state index contributed by atoms with van der Waals surface area (Å²) < 4.78 is 36.8. The van der Waals surface area contributed by atoms with Gasteiger partial charge in [0.15, 0.2) is 9.84 Å². The Bertz CT molecular complexity index is 542. The Labute approximate surface area is 118 Å². The fourth-order valence-electron chi connectivity index (χ4n) is 2.59. The molecule has 1 heterocycles. The average Bonchev–Trinajstić information content (AvgIpc) is 2.69. The summed E-state index contributed by atoms with van der Waals surface area (Å²) in [5.74, 6) is 0.0742. The molecule has 1 aromatic rings. The smallest absolute Gasteiger partial charge is 0.150 e. The average molecular weight is 306 g/mol. The standard InChI is InChI=1S/C13H17ClFNO2S/c1-16-13(9-5-6-19(17,18)8-9)7-10-11(14)3-2-4-12(10)15/h2-4,9,13,16H,5-8H2,1H3. The van der Waals surface area contributed by atoms with Gasteiger partial charge < -0.3 is 5.32 Å². The molecule has 0 bridgehead atoms. The Balaban J connectivity index is 2.16. The van der Waals surface area contributed by atoms with Crippen molar-refractivity contribution in [3.8, 4) is 0 Å². The molecule has 2 rings (SSSR count). The van der Waals surface area contributed by atoms with E-state index in [1.165, 1.54) is 6.07 Å². The third-order valence-electron chi connectivity index (χ3n) is 3.69. The van der Waals surface area contributed by atoms with E-state index >= 15 is 0 Å². The van der Waals surface area contributed by atoms with Gasteiger partial charge in [-0.25, -0.2) is 12.8 Å². The number of sulfone groups is 1. The lowest BCUT2D eigenvalue weighted by Crippen LogP contribution is -2.36. The van der Waals surface area contributed by atoms with Crippen molar-refractivity contribution in [2.45, 2.75) is 18.9 Å². The van der Waals surface area contributed by atoms with Crippen LogP contribution in [-0.4, -0.2) is 33.0 Å². The second-order valence-electron chi connectivity index (χ2n) is 4.96. The van der Waals surface area contributed by atoms with E-state index in [1.54, 1.807) is 19.2 Å². The van der Waals surface area contributed by atoms with Crippen LogP contribution in [0.15, 0.2) is 18.2 Å². The molecule has 1 aliphatic heterocycles. The Morgan fingerprint density at radius 2 is 2.26 bits per heavy atom. The predicted octanol–water partition coefficient (Wildman–Crippen LogP) is 2.04. The first-order valence-corrected chi connectivity index (χ1v) is 8.43. The summed E-state index contributed by atoms with van der Waals surface area (Å²) in [7, 11) is -1.16. The molecule has 1 aromatic carbocycles. The zero-order valence-corrected chi connectivity index (χ0v) is 12.3. The first-order valence-electron chi connectivity index (χ1n) is 6.23. The van der Waals surface area contributed by atoms with Crippen LogP contribution in [0, 0.1) is 11.7 Å². The molecule has 19 heavy (non-hydrogen) atoms. The van der Waals surface area contributed by atoms with Crippen molar-refractivity contribution in [2.75, 3.05) is 18.6 Å². The summed E-state index contributed by atoms with van der Waals surface area (Å²) >= 11 is 6.01. The maximum absolute atomic E-state index is 13.8. The molecular formula is C13H17ClFNO2S. The molecule has 0 radical (unpaired) electrons. The number of halogens is 2. The molecule has 1 saturated heterocycles. The Morgan fingerprint density at radius 1 is 1.53 bits per heavy atom. The topological polar surface area (TPSA) is 46.2 Å². The van der Waals surface area contributed by atoms with Crippen LogP contribution < -0.4 is 5.32 Å². The van der Waals surface area contributed by atoms with E-state index in [2.05, 4.69) is 5.32 Å². The summed E-state index contributed by atoms with van der Waals surface area (Å²) in [6, 6.07) is 4.51. The molecule has 2 atom stereocenters. The normalized spacial score (nSPS) is 23.4. The second kappa shape index (κ2) is 5.77. The first-order chi connectivity index (χ1) is 8.93. The quantitative estimate of drug-likeness (QED) is 0.926. The van der Waals surface area contributed by atoms with Gasteiger partial charge in [-0.1, -0.05) is 17.7 Å². The van der Waals surface area contributed by atoms with Crippen molar-refractivity contribution in [3.63, 3.8) is 0 Å². The molecular weight excluding hydrogens is 289 g/mol. The molecule has 1 N–H and O–H groups in total. The fourth-order valence-corrected chi connectivity index (χ4v) is 4.71. The largest absolute Gasteiger partial charge is 0.316 e. The lowest BCUT2D eigenvalue weighted by Gasteiger charge is -2.22. The van der Waals surface area contributed by atoms with E-state index in [4.69, 9.17) is 11.6 Å². The van der Waals surface area contributed by atoms with E-state index in [0.29, 0.717) is 23.4 Å². The number of rotatable bonds is 4. The van der Waals surface area contributed by atoms with Crippen LogP contribution in [0.2, 0.25) is 5.02 Å². The van der Waals surface area contributed by atoms with E-state index in [-0.39, 0.29) is 29.3 Å². The molecule has 0 saturated carbocycles. The van der Waals surface area contributed by atoms with Crippen molar-refractivity contribution in [2.24, 2.45) is 5.92 Å². The molecule has 0 spiro atoms. The summed E-state index contributed by atoms with van der Waals surface area (Å²) in [6.07, 6.45) is 1.03. The van der Waals surface area contributed by atoms with Gasteiger partial charge in [0.25, 0.3) is 0 Å². The minimum atomic E-state index is -2.93. The van der Waals surface area contributed by atoms with Crippen LogP contribution in [0.3, 0.4) is 0 Å². The minimum Gasteiger partial charge on any atom is -0.316 e. The Hall–Kier alpha value is -0.650. The third-order valence-corrected chi connectivity index (χ3v) is 5.84. The lowest BCUT2D eigenvalue weighted by molar-refractivity contribution is 0.398. The van der Waals surface area contributed by atoms with Crippen LogP contribution in [0.25, 0.3) is 0 Å². The van der Waals surface area contributed by atoms with Crippen molar-refractivity contribution < 1.29 is 12.8 Å². The number of hydrogen-bond donors (Lipinski definition) is 1. The zero-order chi connectivity index (χ0) is 14.0. The van der Waals surface area contributed by atoms with Crippen LogP contribution in [0.5, 0.6) is 0 Å². The molecule has 0 aliphatic carbocycles. The molecule has 2 unspecified atom stereocenters. The van der Waals surface area contributed by atoms with Crippen molar-refractivity contribution in [1.82, 2.24) is 5.32 Å². The van der Waals surface area contributed by atoms with E-state index < -0.39 is 9.84 Å². The first kappa shape index (κ1) is 14.8. The molecule has 0 aromatic heterocycles. The van der Waals surface area contributed by atoms with Crippen molar-refractivity contribution in [3.05, 3.63) is 34.6 Å². The van der Waals surface area contributed by atoms with Crippen LogP contribution >= 0.6 is 11.6 Å². The van der Waals surface area contributed by atoms with Crippen LogP contribution in [0.1, 0.15) is 12.0 Å². The van der Waals surface area contributed by atoms with Gasteiger partial charge in [0.05, 0.1) is 11.5 Å². The third kappa shape index (κ3) is 3.46. The van der Waals surface area contributed by atoms with Gasteiger partial charge in [0.1, 0.15) is 5.82 Å². The monoisotopic (exact) mass is 305 g/mol. The molecule has 3 nitrogen and oxygen atoms in total. The molecule has 1 aliphatic rings. The number of benzene rings is 1. The molecule has 6 heteroatoms. The Kier molecular flexibility index (Phi) is 4.48. The van der Waals surface area contributed by atoms with Gasteiger partial charge in [-0.05, 0) is 37.9 Å². The summed E-state index contributed by atoms with van der Waals surface area (Å²) in [5.41, 5.74) is 0.452. The van der Waals surface area contributed by atoms with Crippen molar-refractivity contribution >= 4 is 21.4 Å². The number of likely N-dealkylation sites (N-methyl/N-ethyl adjacent to an activating group) is 1. The van der Waals surface area contributed by atoms with Crippen LogP contribution in [-0.2, 0) is 16.3 Å². The predicted molar refractivity (Wildman–Crippen MR) is 74.7 cm³/mol. The molecule has 106 valence electrons. The summed E-state index contributed by atoms with van der Waals surface area (Å²) in [5, 5.41) is 3.48. The highest BCUT2D eigenvalue weighted by Gasteiger charge is 2.33. The Morgan fingerprint density at radius 3 is 2.79 bits per heavy atom. The van der Waals surface area contributed by atoms with Gasteiger partial charge in [0.2, 0.25) is 0 Å². The summed E-state index contributed by atoms with van der Waals surface area (Å²) in [6.45, 7) is 0. The van der Waals surface area contributed by atoms with Crippen molar-refractivity contribution in [1.29, 1.82) is 0 Å². The van der Waals surface area contributed by atoms with E-state index in [1.807, 2.05) is 0 Å². The maximum atomic E-state index is 13.8. The second-order valence-corrected chi connectivity index (χ2v) is 7.60. The van der Waals surface area contributed by atoms with Gasteiger partial charge in [-0.3, -0.25) is 0 Å². The molecule has 1 fully saturated rings. The SMILES string of the molecule is CNC(Cc1c(F)cccc1Cl)C1CCS(=O)(=O)C1. The van der Waals surface area contributed by atoms with Gasteiger partial charge in [0, 0.05) is 16.6 Å². The molecule has 0 amide bonds. The number of hydrogen-bond acceptors (Lipinski definition) is 3. The summed E-state index contributed by atoms with van der Waals surface area (Å²) in [4.78, 5) is 0. The highest BCUT2D eigenvalue weighted by atomic mass is 35.5. The van der Waals surface area contributed by atoms with Crippen LogP contribution in [0.4, 0.5) is 4.39 Å². The van der Waals surface area contributed by atoms with E-state index in [9.17, 15) is 12.8 Å². The van der Waals surface area contributed by atoms with Gasteiger partial charge in [-0.2, -0.15) is 0 Å². The fraction of sp³-hybridized carbons (Fsp3) is 0.538. The highest BCUT2D eigenvalue weighted by molar-refractivity contribution is 7.91. The maximum Gasteiger partial charge on any atom is 0.150 e. The highest BCUT2D eigenvalue weighted by Crippen LogP contribution is 2.27. The van der Waals surface area contributed by atoms with E-state index in [0.717, 1.165) is 0 Å². The number of nitrogens with one attached hydrogen (secondary N) is 1. The minimum absolute atomic E-state index is 0.0191. The lowest BCUT2D eigenvalue weighted by atomic mass is 9.93.